The Labute approximate surface area is 91.0 Å². The molecule has 1 N–H and O–H groups in total. The molecule has 0 bridgehead atoms. The molecule has 0 aromatic heterocycles. The SMILES string of the molecule is C[Si](Cl)(Cl)CCCN1CCNCC1. The lowest BCUT2D eigenvalue weighted by molar-refractivity contribution is 0.241. The van der Waals surface area contributed by atoms with Gasteiger partial charge in [-0.15, -0.1) is 22.2 Å². The Bertz CT molecular complexity index is 144. The van der Waals surface area contributed by atoms with Crippen molar-refractivity contribution in [3.05, 3.63) is 0 Å². The van der Waals surface area contributed by atoms with Gasteiger partial charge < -0.3 is 10.2 Å². The molecule has 0 aromatic rings. The van der Waals surface area contributed by atoms with Gasteiger partial charge in [-0.05, 0) is 25.6 Å². The second kappa shape index (κ2) is 5.56. The van der Waals surface area contributed by atoms with E-state index in [1.54, 1.807) is 0 Å². The van der Waals surface area contributed by atoms with Crippen LogP contribution in [-0.4, -0.2) is 44.3 Å². The van der Waals surface area contributed by atoms with Gasteiger partial charge in [0.1, 0.15) is 0 Å². The lowest BCUT2D eigenvalue weighted by atomic mass is 10.3. The van der Waals surface area contributed by atoms with Gasteiger partial charge in [-0.3, -0.25) is 0 Å². The first-order valence-corrected chi connectivity index (χ1v) is 9.62. The molecule has 78 valence electrons. The van der Waals surface area contributed by atoms with Crippen molar-refractivity contribution in [3.8, 4) is 0 Å². The fourth-order valence-electron chi connectivity index (χ4n) is 1.55. The predicted molar refractivity (Wildman–Crippen MR) is 62.1 cm³/mol. The van der Waals surface area contributed by atoms with Gasteiger partial charge in [0.25, 0.3) is 0 Å². The molecular weight excluding hydrogens is 223 g/mol. The number of piperazine rings is 1. The highest BCUT2D eigenvalue weighted by Crippen LogP contribution is 2.21. The largest absolute Gasteiger partial charge is 0.314 e. The summed E-state index contributed by atoms with van der Waals surface area (Å²) in [6.45, 7) is 5.89. The van der Waals surface area contributed by atoms with Crippen LogP contribution in [0.1, 0.15) is 6.42 Å². The Morgan fingerprint density at radius 1 is 1.31 bits per heavy atom. The standard InChI is InChI=1S/C8H18Cl2N2Si/c1-13(9,10)8-2-5-12-6-3-11-4-7-12/h11H,2-8H2,1H3. The smallest absolute Gasteiger partial charge is 0.248 e. The van der Waals surface area contributed by atoms with Gasteiger partial charge in [-0.1, -0.05) is 0 Å². The molecule has 13 heavy (non-hydrogen) atoms. The third kappa shape index (κ3) is 5.91. The average molecular weight is 241 g/mol. The number of hydrogen-bond acceptors (Lipinski definition) is 2. The summed E-state index contributed by atoms with van der Waals surface area (Å²) >= 11 is 12.0. The highest BCUT2D eigenvalue weighted by molar-refractivity contribution is 7.44. The molecule has 0 unspecified atom stereocenters. The van der Waals surface area contributed by atoms with Crippen molar-refractivity contribution < 1.29 is 0 Å². The highest BCUT2D eigenvalue weighted by Gasteiger charge is 2.20. The fraction of sp³-hybridized carbons (Fsp3) is 1.00. The van der Waals surface area contributed by atoms with Crippen molar-refractivity contribution >= 4 is 28.9 Å². The Morgan fingerprint density at radius 2 is 1.92 bits per heavy atom. The van der Waals surface area contributed by atoms with Crippen molar-refractivity contribution in [3.63, 3.8) is 0 Å². The lowest BCUT2D eigenvalue weighted by Crippen LogP contribution is -2.43. The van der Waals surface area contributed by atoms with E-state index >= 15 is 0 Å². The van der Waals surface area contributed by atoms with Gasteiger partial charge in [0.2, 0.25) is 6.69 Å². The first-order valence-electron chi connectivity index (χ1n) is 4.89. The number of nitrogens with one attached hydrogen (secondary N) is 1. The van der Waals surface area contributed by atoms with Gasteiger partial charge in [0, 0.05) is 26.2 Å². The number of rotatable bonds is 4. The molecule has 0 atom stereocenters. The number of nitrogens with zero attached hydrogens (tertiary/aromatic N) is 1. The van der Waals surface area contributed by atoms with Crippen molar-refractivity contribution in [2.45, 2.75) is 19.0 Å². The van der Waals surface area contributed by atoms with Crippen LogP contribution in [0.15, 0.2) is 0 Å². The monoisotopic (exact) mass is 240 g/mol. The minimum Gasteiger partial charge on any atom is -0.314 e. The summed E-state index contributed by atoms with van der Waals surface area (Å²) < 4.78 is 0. The topological polar surface area (TPSA) is 15.3 Å². The summed E-state index contributed by atoms with van der Waals surface area (Å²) in [5, 5.41) is 3.34. The van der Waals surface area contributed by atoms with E-state index in [-0.39, 0.29) is 0 Å². The minimum absolute atomic E-state index is 1.01. The highest BCUT2D eigenvalue weighted by atomic mass is 35.7. The molecule has 5 heteroatoms. The maximum atomic E-state index is 6.02. The fourth-order valence-corrected chi connectivity index (χ4v) is 3.13. The molecular formula is C8H18Cl2N2Si. The van der Waals surface area contributed by atoms with Crippen LogP contribution < -0.4 is 5.32 Å². The Hall–Kier alpha value is 0.717. The third-order valence-corrected chi connectivity index (χ3v) is 4.67. The van der Waals surface area contributed by atoms with Crippen LogP contribution in [0.5, 0.6) is 0 Å². The first-order chi connectivity index (χ1) is 6.08. The first kappa shape index (κ1) is 11.8. The van der Waals surface area contributed by atoms with Crippen molar-refractivity contribution in [2.24, 2.45) is 0 Å². The maximum Gasteiger partial charge on any atom is 0.248 e. The molecule has 1 aliphatic heterocycles. The summed E-state index contributed by atoms with van der Waals surface area (Å²) in [6.07, 6.45) is 1.15. The van der Waals surface area contributed by atoms with Crippen LogP contribution in [0.25, 0.3) is 0 Å². The molecule has 0 amide bonds. The summed E-state index contributed by atoms with van der Waals surface area (Å²) in [4.78, 5) is 2.48. The molecule has 1 aliphatic rings. The van der Waals surface area contributed by atoms with Crippen molar-refractivity contribution in [1.29, 1.82) is 0 Å². The minimum atomic E-state index is -1.84. The van der Waals surface area contributed by atoms with Crippen LogP contribution in [0.3, 0.4) is 0 Å². The summed E-state index contributed by atoms with van der Waals surface area (Å²) in [6, 6.07) is 1.01. The van der Waals surface area contributed by atoms with E-state index in [9.17, 15) is 0 Å². The average Bonchev–Trinajstić information content (AvgIpc) is 2.04. The zero-order valence-corrected chi connectivity index (χ0v) is 10.7. The molecule has 0 radical (unpaired) electrons. The molecule has 0 aliphatic carbocycles. The number of halogens is 2. The van der Waals surface area contributed by atoms with E-state index in [0.29, 0.717) is 0 Å². The second-order valence-electron chi connectivity index (χ2n) is 3.77. The molecule has 0 spiro atoms. The Balaban J connectivity index is 2.04. The molecule has 0 aromatic carbocycles. The Morgan fingerprint density at radius 3 is 2.46 bits per heavy atom. The normalized spacial score (nSPS) is 20.5. The lowest BCUT2D eigenvalue weighted by Gasteiger charge is -2.27. The maximum absolute atomic E-state index is 6.02. The van der Waals surface area contributed by atoms with Crippen LogP contribution in [-0.2, 0) is 0 Å². The molecule has 1 saturated heterocycles. The van der Waals surface area contributed by atoms with E-state index in [1.165, 1.54) is 13.1 Å². The quantitative estimate of drug-likeness (QED) is 0.596. The zero-order valence-electron chi connectivity index (χ0n) is 8.15. The van der Waals surface area contributed by atoms with E-state index in [2.05, 4.69) is 10.2 Å². The van der Waals surface area contributed by atoms with Crippen LogP contribution in [0.2, 0.25) is 12.6 Å². The number of hydrogen-bond donors (Lipinski definition) is 1. The van der Waals surface area contributed by atoms with E-state index < -0.39 is 6.69 Å². The van der Waals surface area contributed by atoms with Crippen molar-refractivity contribution in [2.75, 3.05) is 32.7 Å². The molecule has 2 nitrogen and oxygen atoms in total. The van der Waals surface area contributed by atoms with Crippen LogP contribution in [0, 0.1) is 0 Å². The molecule has 0 saturated carbocycles. The third-order valence-electron chi connectivity index (χ3n) is 2.30. The Kier molecular flexibility index (Phi) is 5.04. The predicted octanol–water partition coefficient (Wildman–Crippen LogP) is 1.83. The summed E-state index contributed by atoms with van der Waals surface area (Å²) in [7, 11) is 0. The van der Waals surface area contributed by atoms with E-state index in [0.717, 1.165) is 32.1 Å². The van der Waals surface area contributed by atoms with Gasteiger partial charge in [-0.25, -0.2) is 0 Å². The van der Waals surface area contributed by atoms with Gasteiger partial charge in [-0.2, -0.15) is 0 Å². The van der Waals surface area contributed by atoms with E-state index in [4.69, 9.17) is 22.2 Å². The second-order valence-corrected chi connectivity index (χ2v) is 12.0. The molecule has 1 rings (SSSR count). The zero-order chi connectivity index (χ0) is 9.73. The van der Waals surface area contributed by atoms with Crippen molar-refractivity contribution in [1.82, 2.24) is 10.2 Å². The van der Waals surface area contributed by atoms with E-state index in [1.807, 2.05) is 6.55 Å². The van der Waals surface area contributed by atoms with Gasteiger partial charge >= 0.3 is 0 Å². The summed E-state index contributed by atoms with van der Waals surface area (Å²) in [5.41, 5.74) is 0. The van der Waals surface area contributed by atoms with Gasteiger partial charge in [0.05, 0.1) is 0 Å². The van der Waals surface area contributed by atoms with Crippen LogP contribution >= 0.6 is 22.2 Å². The molecule has 1 fully saturated rings. The van der Waals surface area contributed by atoms with Gasteiger partial charge in [0.15, 0.2) is 0 Å². The molecule has 1 heterocycles. The summed E-state index contributed by atoms with van der Waals surface area (Å²) in [5.74, 6) is 0. The van der Waals surface area contributed by atoms with Crippen LogP contribution in [0.4, 0.5) is 0 Å².